The molecule has 3 rings (SSSR count). The van der Waals surface area contributed by atoms with Gasteiger partial charge in [0.1, 0.15) is 0 Å². The van der Waals surface area contributed by atoms with Gasteiger partial charge in [-0.1, -0.05) is 224 Å². The van der Waals surface area contributed by atoms with Crippen LogP contribution in [0.3, 0.4) is 0 Å². The molecular weight excluding hydrogens is 589 g/mol. The van der Waals surface area contributed by atoms with E-state index in [9.17, 15) is 0 Å². The van der Waals surface area contributed by atoms with E-state index in [1.165, 1.54) is 224 Å². The largest absolute Gasteiger partial charge is 0.0654 e. The van der Waals surface area contributed by atoms with Gasteiger partial charge in [0.25, 0.3) is 0 Å². The van der Waals surface area contributed by atoms with E-state index < -0.39 is 0 Å². The third-order valence-electron chi connectivity index (χ3n) is 11.8. The highest BCUT2D eigenvalue weighted by Crippen LogP contribution is 2.42. The van der Waals surface area contributed by atoms with Gasteiger partial charge in [-0.25, -0.2) is 0 Å². The molecule has 0 nitrogen and oxygen atoms in total. The summed E-state index contributed by atoms with van der Waals surface area (Å²) in [6, 6.07) is 12.1. The maximum Gasteiger partial charge on any atom is -0.00106 e. The number of hydrogen-bond donors (Lipinski definition) is 0. The van der Waals surface area contributed by atoms with E-state index in [1.54, 1.807) is 33.4 Å². The molecule has 0 N–H and O–H groups in total. The molecule has 0 amide bonds. The van der Waals surface area contributed by atoms with E-state index in [2.05, 4.69) is 51.1 Å². The lowest BCUT2D eigenvalue weighted by Crippen LogP contribution is -2.06. The van der Waals surface area contributed by atoms with Gasteiger partial charge in [0.15, 0.2) is 0 Å². The van der Waals surface area contributed by atoms with Crippen molar-refractivity contribution in [1.29, 1.82) is 0 Å². The smallest absolute Gasteiger partial charge is 0.00106 e. The van der Waals surface area contributed by atoms with Crippen molar-refractivity contribution in [3.8, 4) is 11.1 Å². The molecule has 1 aliphatic rings. The molecule has 0 heterocycles. The van der Waals surface area contributed by atoms with Gasteiger partial charge in [0.05, 0.1) is 0 Å². The molecule has 0 atom stereocenters. The highest BCUT2D eigenvalue weighted by atomic mass is 14.3. The van der Waals surface area contributed by atoms with E-state index in [-0.39, 0.29) is 0 Å². The van der Waals surface area contributed by atoms with Gasteiger partial charge < -0.3 is 0 Å². The molecule has 0 saturated heterocycles. The minimum Gasteiger partial charge on any atom is -0.0654 e. The van der Waals surface area contributed by atoms with E-state index in [4.69, 9.17) is 0 Å². The summed E-state index contributed by atoms with van der Waals surface area (Å²) in [5.41, 5.74) is 11.8. The van der Waals surface area contributed by atoms with Crippen molar-refractivity contribution in [2.45, 2.75) is 239 Å². The van der Waals surface area contributed by atoms with Gasteiger partial charge in [0, 0.05) is 0 Å². The Morgan fingerprint density at radius 1 is 0.367 bits per heavy atom. The lowest BCUT2D eigenvalue weighted by molar-refractivity contribution is 0.550. The van der Waals surface area contributed by atoms with E-state index in [1.807, 2.05) is 0 Å². The molecule has 2 aromatic carbocycles. The average molecular weight is 671 g/mol. The lowest BCUT2D eigenvalue weighted by atomic mass is 9.84. The Labute approximate surface area is 307 Å². The number of aryl methyl sites for hydroxylation is 1. The minimum absolute atomic E-state index is 1.17. The molecule has 1 aliphatic carbocycles. The lowest BCUT2D eigenvalue weighted by Gasteiger charge is -2.21. The summed E-state index contributed by atoms with van der Waals surface area (Å²) in [6.45, 7) is 6.97. The summed E-state index contributed by atoms with van der Waals surface area (Å²) in [4.78, 5) is 0. The summed E-state index contributed by atoms with van der Waals surface area (Å²) in [7, 11) is 0. The van der Waals surface area contributed by atoms with Crippen molar-refractivity contribution >= 4 is 0 Å². The summed E-state index contributed by atoms with van der Waals surface area (Å²) in [5.74, 6) is 0. The zero-order valence-electron chi connectivity index (χ0n) is 33.4. The van der Waals surface area contributed by atoms with Crippen molar-refractivity contribution in [3.05, 3.63) is 58.1 Å². The Morgan fingerprint density at radius 2 is 0.735 bits per heavy atom. The number of unbranched alkanes of at least 4 members (excludes halogenated alkanes) is 27. The molecule has 0 saturated carbocycles. The maximum atomic E-state index is 2.70. The Kier molecular flexibility index (Phi) is 24.0. The van der Waals surface area contributed by atoms with E-state index in [0.717, 1.165) is 0 Å². The van der Waals surface area contributed by atoms with Crippen LogP contribution in [0, 0.1) is 0 Å². The number of rotatable bonds is 33. The Balaban J connectivity index is 1.61. The fourth-order valence-electron chi connectivity index (χ4n) is 8.67. The van der Waals surface area contributed by atoms with Gasteiger partial charge in [-0.05, 0) is 83.9 Å². The van der Waals surface area contributed by atoms with Crippen LogP contribution in [-0.2, 0) is 25.7 Å². The van der Waals surface area contributed by atoms with Gasteiger partial charge in [-0.2, -0.15) is 0 Å². The highest BCUT2D eigenvalue weighted by molar-refractivity contribution is 5.79. The first-order valence-electron chi connectivity index (χ1n) is 22.5. The number of fused-ring (bicyclic) bond motifs is 3. The first kappa shape index (κ1) is 41.9. The molecule has 278 valence electrons. The van der Waals surface area contributed by atoms with Crippen LogP contribution in [0.5, 0.6) is 0 Å². The molecule has 2 aromatic rings. The Morgan fingerprint density at radius 3 is 1.18 bits per heavy atom. The SMILES string of the molecule is CCCCCCCCCCCCc1cc2c(c(CCCCCCCCCCCC)c1CCCCCCCCCCCC)Cc1ccccc1-2. The van der Waals surface area contributed by atoms with Crippen molar-refractivity contribution in [2.75, 3.05) is 0 Å². The summed E-state index contributed by atoms with van der Waals surface area (Å²) in [5, 5.41) is 0. The molecule has 49 heavy (non-hydrogen) atoms. The van der Waals surface area contributed by atoms with Crippen LogP contribution in [0.1, 0.15) is 241 Å². The second kappa shape index (κ2) is 28.1. The van der Waals surface area contributed by atoms with Crippen molar-refractivity contribution < 1.29 is 0 Å². The van der Waals surface area contributed by atoms with Gasteiger partial charge >= 0.3 is 0 Å². The predicted octanol–water partition coefficient (Wildman–Crippen LogP) is 16.6. The van der Waals surface area contributed by atoms with Crippen LogP contribution in [0.25, 0.3) is 11.1 Å². The normalized spacial score (nSPS) is 12.1. The van der Waals surface area contributed by atoms with E-state index >= 15 is 0 Å². The molecule has 0 fully saturated rings. The van der Waals surface area contributed by atoms with Crippen LogP contribution < -0.4 is 0 Å². The first-order chi connectivity index (χ1) is 24.3. The average Bonchev–Trinajstić information content (AvgIpc) is 3.49. The van der Waals surface area contributed by atoms with Crippen molar-refractivity contribution in [3.63, 3.8) is 0 Å². The standard InChI is InChI=1S/C49H82/c1-4-7-10-13-16-19-22-25-28-31-36-43-41-48-46-39-35-34-37-44(46)42-49(48)47(40-33-30-27-24-21-18-15-12-9-6-3)45(43)38-32-29-26-23-20-17-14-11-8-5-2/h34-35,37,39,41H,4-33,36,38,40,42H2,1-3H3. The molecule has 0 heteroatoms. The first-order valence-corrected chi connectivity index (χ1v) is 22.5. The Hall–Kier alpha value is -1.56. The second-order valence-electron chi connectivity index (χ2n) is 16.1. The maximum absolute atomic E-state index is 2.70. The topological polar surface area (TPSA) is 0 Å². The summed E-state index contributed by atoms with van der Waals surface area (Å²) < 4.78 is 0. The minimum atomic E-state index is 1.17. The van der Waals surface area contributed by atoms with Gasteiger partial charge in [-0.3, -0.25) is 0 Å². The Bertz CT molecular complexity index is 1080. The molecule has 0 aromatic heterocycles. The quantitative estimate of drug-likeness (QED) is 0.0566. The third-order valence-corrected chi connectivity index (χ3v) is 11.8. The summed E-state index contributed by atoms with van der Waals surface area (Å²) in [6.07, 6.45) is 47.9. The predicted molar refractivity (Wildman–Crippen MR) is 221 cm³/mol. The highest BCUT2D eigenvalue weighted by Gasteiger charge is 2.24. The number of hydrogen-bond acceptors (Lipinski definition) is 0. The zero-order valence-corrected chi connectivity index (χ0v) is 33.4. The number of benzene rings is 2. The molecule has 0 unspecified atom stereocenters. The monoisotopic (exact) mass is 671 g/mol. The summed E-state index contributed by atoms with van der Waals surface area (Å²) >= 11 is 0. The molecule has 0 bridgehead atoms. The van der Waals surface area contributed by atoms with Crippen LogP contribution in [0.4, 0.5) is 0 Å². The van der Waals surface area contributed by atoms with Gasteiger partial charge in [-0.15, -0.1) is 0 Å². The van der Waals surface area contributed by atoms with Crippen LogP contribution in [-0.4, -0.2) is 0 Å². The fourth-order valence-corrected chi connectivity index (χ4v) is 8.67. The van der Waals surface area contributed by atoms with Gasteiger partial charge in [0.2, 0.25) is 0 Å². The zero-order chi connectivity index (χ0) is 34.6. The van der Waals surface area contributed by atoms with Crippen molar-refractivity contribution in [2.24, 2.45) is 0 Å². The molecule has 0 radical (unpaired) electrons. The molecular formula is C49H82. The second-order valence-corrected chi connectivity index (χ2v) is 16.1. The molecule has 0 aliphatic heterocycles. The molecule has 0 spiro atoms. The van der Waals surface area contributed by atoms with Crippen LogP contribution >= 0.6 is 0 Å². The third kappa shape index (κ3) is 17.0. The fraction of sp³-hybridized carbons (Fsp3) is 0.755. The van der Waals surface area contributed by atoms with E-state index in [0.29, 0.717) is 0 Å². The van der Waals surface area contributed by atoms with Crippen LogP contribution in [0.15, 0.2) is 30.3 Å². The van der Waals surface area contributed by atoms with Crippen LogP contribution in [0.2, 0.25) is 0 Å². The van der Waals surface area contributed by atoms with Crippen molar-refractivity contribution in [1.82, 2.24) is 0 Å².